The third-order valence-corrected chi connectivity index (χ3v) is 5.19. The average molecular weight is 379 g/mol. The first-order valence-corrected chi connectivity index (χ1v) is 9.14. The number of piperidine rings is 1. The number of halogens is 3. The predicted molar refractivity (Wildman–Crippen MR) is 92.4 cm³/mol. The highest BCUT2D eigenvalue weighted by Crippen LogP contribution is 2.38. The second-order valence-electron chi connectivity index (χ2n) is 7.26. The molecular weight excluding hydrogens is 359 g/mol. The van der Waals surface area contributed by atoms with Gasteiger partial charge in [0.15, 0.2) is 11.5 Å². The van der Waals surface area contributed by atoms with Crippen LogP contribution in [0.2, 0.25) is 0 Å². The second-order valence-corrected chi connectivity index (χ2v) is 7.26. The predicted octanol–water partition coefficient (Wildman–Crippen LogP) is 2.85. The molecule has 2 aliphatic rings. The number of nitrogens with zero attached hydrogens (tertiary/aromatic N) is 5. The van der Waals surface area contributed by atoms with E-state index in [1.165, 1.54) is 6.07 Å². The molecule has 0 aromatic carbocycles. The summed E-state index contributed by atoms with van der Waals surface area (Å²) >= 11 is 0. The van der Waals surface area contributed by atoms with E-state index in [9.17, 15) is 18.0 Å². The Hall–Kier alpha value is -2.45. The molecule has 0 spiro atoms. The van der Waals surface area contributed by atoms with Gasteiger partial charge in [-0.2, -0.15) is 18.3 Å². The molecule has 2 aromatic heterocycles. The normalized spacial score (nSPS) is 18.7. The first-order valence-electron chi connectivity index (χ1n) is 9.14. The van der Waals surface area contributed by atoms with Crippen molar-refractivity contribution in [2.24, 2.45) is 5.92 Å². The highest BCUT2D eigenvalue weighted by Gasteiger charge is 2.33. The van der Waals surface area contributed by atoms with Gasteiger partial charge in [0.1, 0.15) is 0 Å². The van der Waals surface area contributed by atoms with Gasteiger partial charge in [0.05, 0.1) is 5.69 Å². The zero-order chi connectivity index (χ0) is 19.0. The molecule has 27 heavy (non-hydrogen) atoms. The molecule has 0 atom stereocenters. The molecule has 4 rings (SSSR count). The van der Waals surface area contributed by atoms with E-state index in [0.29, 0.717) is 37.3 Å². The van der Waals surface area contributed by atoms with Crippen molar-refractivity contribution in [1.29, 1.82) is 0 Å². The smallest absolute Gasteiger partial charge is 0.355 e. The van der Waals surface area contributed by atoms with Crippen molar-refractivity contribution >= 4 is 5.82 Å². The molecule has 144 valence electrons. The Bertz CT molecular complexity index is 853. The van der Waals surface area contributed by atoms with Crippen LogP contribution < -0.4 is 10.5 Å². The Morgan fingerprint density at radius 2 is 1.74 bits per heavy atom. The molecule has 1 aliphatic carbocycles. The molecule has 9 heteroatoms. The lowest BCUT2D eigenvalue weighted by molar-refractivity contribution is -0.141. The molecule has 1 saturated heterocycles. The number of alkyl halides is 3. The van der Waals surface area contributed by atoms with E-state index in [4.69, 9.17) is 0 Å². The maximum absolute atomic E-state index is 12.6. The largest absolute Gasteiger partial charge is 0.435 e. The van der Waals surface area contributed by atoms with Crippen LogP contribution in [-0.4, -0.2) is 33.1 Å². The topological polar surface area (TPSA) is 63.9 Å². The third kappa shape index (κ3) is 4.12. The fraction of sp³-hybridized carbons (Fsp3) is 0.556. The van der Waals surface area contributed by atoms with Gasteiger partial charge in [0, 0.05) is 31.6 Å². The quantitative estimate of drug-likeness (QED) is 0.817. The number of hydrogen-bond acceptors (Lipinski definition) is 5. The lowest BCUT2D eigenvalue weighted by Crippen LogP contribution is -2.37. The molecule has 1 aliphatic heterocycles. The lowest BCUT2D eigenvalue weighted by Gasteiger charge is -2.32. The highest BCUT2D eigenvalue weighted by molar-refractivity contribution is 5.38. The number of anilines is 1. The molecule has 0 amide bonds. The van der Waals surface area contributed by atoms with Crippen molar-refractivity contribution in [2.75, 3.05) is 18.0 Å². The molecule has 2 fully saturated rings. The summed E-state index contributed by atoms with van der Waals surface area (Å²) in [7, 11) is 0. The van der Waals surface area contributed by atoms with Crippen LogP contribution in [0.5, 0.6) is 0 Å². The van der Waals surface area contributed by atoms with Crippen molar-refractivity contribution in [3.05, 3.63) is 46.0 Å². The van der Waals surface area contributed by atoms with Crippen LogP contribution in [0.4, 0.5) is 19.0 Å². The Labute approximate surface area is 154 Å². The van der Waals surface area contributed by atoms with Gasteiger partial charge in [-0.25, -0.2) is 4.68 Å². The van der Waals surface area contributed by atoms with E-state index in [-0.39, 0.29) is 5.56 Å². The van der Waals surface area contributed by atoms with Gasteiger partial charge in [0.2, 0.25) is 0 Å². The Kier molecular flexibility index (Phi) is 4.61. The van der Waals surface area contributed by atoms with Crippen LogP contribution in [0.25, 0.3) is 0 Å². The summed E-state index contributed by atoms with van der Waals surface area (Å²) in [6.45, 7) is 1.91. The number of hydrogen-bond donors (Lipinski definition) is 0. The van der Waals surface area contributed by atoms with Gasteiger partial charge < -0.3 is 4.90 Å². The standard InChI is InChI=1S/C18H20F3N5O/c19-18(20,21)15-4-5-16(23-22-15)25-9-7-12(8-10-25)11-26-17(27)6-3-14(24-26)13-1-2-13/h3-6,12-13H,1-2,7-11H2. The molecule has 0 bridgehead atoms. The van der Waals surface area contributed by atoms with Crippen molar-refractivity contribution in [3.63, 3.8) is 0 Å². The average Bonchev–Trinajstić information content (AvgIpc) is 3.49. The molecule has 0 unspecified atom stereocenters. The van der Waals surface area contributed by atoms with E-state index in [1.807, 2.05) is 11.0 Å². The van der Waals surface area contributed by atoms with Crippen LogP contribution >= 0.6 is 0 Å². The van der Waals surface area contributed by atoms with E-state index in [2.05, 4.69) is 15.3 Å². The van der Waals surface area contributed by atoms with E-state index in [0.717, 1.165) is 37.4 Å². The zero-order valence-corrected chi connectivity index (χ0v) is 14.7. The fourth-order valence-electron chi connectivity index (χ4n) is 3.43. The molecule has 0 radical (unpaired) electrons. The minimum absolute atomic E-state index is 0.0876. The van der Waals surface area contributed by atoms with Crippen LogP contribution in [0.15, 0.2) is 29.1 Å². The molecular formula is C18H20F3N5O. The van der Waals surface area contributed by atoms with Crippen LogP contribution in [-0.2, 0) is 12.7 Å². The summed E-state index contributed by atoms with van der Waals surface area (Å²) in [6, 6.07) is 5.73. The SMILES string of the molecule is O=c1ccc(C2CC2)nn1CC1CCN(c2ccc(C(F)(F)F)nn2)CC1. The maximum atomic E-state index is 12.6. The Morgan fingerprint density at radius 1 is 1.00 bits per heavy atom. The summed E-state index contributed by atoms with van der Waals surface area (Å²) in [5, 5.41) is 11.5. The van der Waals surface area contributed by atoms with Crippen LogP contribution in [0, 0.1) is 5.92 Å². The summed E-state index contributed by atoms with van der Waals surface area (Å²) in [5.41, 5.74) is -0.0790. The first kappa shape index (κ1) is 17.9. The minimum Gasteiger partial charge on any atom is -0.355 e. The monoisotopic (exact) mass is 379 g/mol. The van der Waals surface area contributed by atoms with Gasteiger partial charge in [-0.3, -0.25) is 4.79 Å². The number of rotatable bonds is 4. The van der Waals surface area contributed by atoms with E-state index in [1.54, 1.807) is 10.7 Å². The maximum Gasteiger partial charge on any atom is 0.435 e. The molecule has 2 aromatic rings. The van der Waals surface area contributed by atoms with Gasteiger partial charge in [-0.05, 0) is 49.8 Å². The highest BCUT2D eigenvalue weighted by atomic mass is 19.4. The molecule has 6 nitrogen and oxygen atoms in total. The fourth-order valence-corrected chi connectivity index (χ4v) is 3.43. The van der Waals surface area contributed by atoms with Crippen LogP contribution in [0.1, 0.15) is 43.0 Å². The van der Waals surface area contributed by atoms with Crippen molar-refractivity contribution in [1.82, 2.24) is 20.0 Å². The molecule has 3 heterocycles. The summed E-state index contributed by atoms with van der Waals surface area (Å²) < 4.78 is 39.3. The van der Waals surface area contributed by atoms with Crippen molar-refractivity contribution in [2.45, 2.75) is 44.3 Å². The van der Waals surface area contributed by atoms with E-state index < -0.39 is 11.9 Å². The van der Waals surface area contributed by atoms with Gasteiger partial charge in [-0.15, -0.1) is 10.2 Å². The Balaban J connectivity index is 1.36. The van der Waals surface area contributed by atoms with Gasteiger partial charge in [0.25, 0.3) is 5.56 Å². The van der Waals surface area contributed by atoms with E-state index >= 15 is 0 Å². The summed E-state index contributed by atoms with van der Waals surface area (Å²) in [5.74, 6) is 1.26. The second kappa shape index (κ2) is 6.94. The minimum atomic E-state index is -4.48. The van der Waals surface area contributed by atoms with Gasteiger partial charge in [-0.1, -0.05) is 0 Å². The van der Waals surface area contributed by atoms with Crippen molar-refractivity contribution in [3.8, 4) is 0 Å². The lowest BCUT2D eigenvalue weighted by atomic mass is 9.97. The zero-order valence-electron chi connectivity index (χ0n) is 14.7. The third-order valence-electron chi connectivity index (χ3n) is 5.19. The summed E-state index contributed by atoms with van der Waals surface area (Å²) in [4.78, 5) is 14.0. The van der Waals surface area contributed by atoms with Crippen molar-refractivity contribution < 1.29 is 13.2 Å². The summed E-state index contributed by atoms with van der Waals surface area (Å²) in [6.07, 6.45) is -0.557. The van der Waals surface area contributed by atoms with Gasteiger partial charge >= 0.3 is 6.18 Å². The van der Waals surface area contributed by atoms with Crippen LogP contribution in [0.3, 0.4) is 0 Å². The first-order chi connectivity index (χ1) is 12.9. The molecule has 1 saturated carbocycles. The molecule has 0 N–H and O–H groups in total. The number of aromatic nitrogens is 4. The Morgan fingerprint density at radius 3 is 2.33 bits per heavy atom.